The zero-order chi connectivity index (χ0) is 19.3. The molecule has 1 aromatic carbocycles. The van der Waals surface area contributed by atoms with Gasteiger partial charge in [-0.1, -0.05) is 12.1 Å². The van der Waals surface area contributed by atoms with Crippen molar-refractivity contribution in [1.82, 2.24) is 14.5 Å². The van der Waals surface area contributed by atoms with Gasteiger partial charge in [-0.3, -0.25) is 0 Å². The highest BCUT2D eigenvalue weighted by atomic mass is 19.1. The number of aromatic nitrogens is 3. The van der Waals surface area contributed by atoms with Gasteiger partial charge in [0.2, 0.25) is 0 Å². The maximum atomic E-state index is 13.2. The Balaban J connectivity index is 1.70. The summed E-state index contributed by atoms with van der Waals surface area (Å²) in [5.74, 6) is -0.433. The van der Waals surface area contributed by atoms with E-state index in [1.54, 1.807) is 16.8 Å². The molecule has 142 valence electrons. The zero-order valence-corrected chi connectivity index (χ0v) is 14.8. The number of aryl methyl sites for hydroxylation is 1. The van der Waals surface area contributed by atoms with Crippen molar-refractivity contribution < 1.29 is 24.4 Å². The van der Waals surface area contributed by atoms with Crippen molar-refractivity contribution in [3.05, 3.63) is 59.9 Å². The molecule has 0 saturated carbocycles. The van der Waals surface area contributed by atoms with Gasteiger partial charge >= 0.3 is 0 Å². The van der Waals surface area contributed by atoms with Crippen LogP contribution in [0.2, 0.25) is 0 Å². The number of halogens is 1. The Bertz CT molecular complexity index is 973. The number of ether oxygens (including phenoxy) is 1. The Morgan fingerprint density at radius 2 is 1.93 bits per heavy atom. The second-order valence-electron chi connectivity index (χ2n) is 7.03. The molecule has 1 saturated heterocycles. The molecule has 2 aromatic heterocycles. The highest BCUT2D eigenvalue weighted by molar-refractivity contribution is 5.78. The monoisotopic (exact) mass is 373 g/mol. The summed E-state index contributed by atoms with van der Waals surface area (Å²) in [6, 6.07) is 7.07. The lowest BCUT2D eigenvalue weighted by atomic mass is 9.88. The molecule has 0 radical (unpaired) electrons. The average Bonchev–Trinajstić information content (AvgIpc) is 3.16. The molecule has 0 amide bonds. The third kappa shape index (κ3) is 2.81. The molecule has 1 aliphatic heterocycles. The minimum atomic E-state index is -1.74. The third-order valence-corrected chi connectivity index (χ3v) is 5.21. The van der Waals surface area contributed by atoms with Crippen LogP contribution in [0.25, 0.3) is 11.0 Å². The molecule has 5 atom stereocenters. The molecule has 3 heterocycles. The summed E-state index contributed by atoms with van der Waals surface area (Å²) in [6.07, 6.45) is -1.53. The minimum Gasteiger partial charge on any atom is -0.386 e. The average molecular weight is 373 g/mol. The lowest BCUT2D eigenvalue weighted by Gasteiger charge is -2.29. The van der Waals surface area contributed by atoms with E-state index in [4.69, 9.17) is 4.74 Å². The zero-order valence-electron chi connectivity index (χ0n) is 14.8. The van der Waals surface area contributed by atoms with E-state index in [1.807, 2.05) is 6.92 Å². The fourth-order valence-electron chi connectivity index (χ4n) is 3.57. The first-order valence-corrected chi connectivity index (χ1v) is 8.58. The summed E-state index contributed by atoms with van der Waals surface area (Å²) in [4.78, 5) is 8.38. The van der Waals surface area contributed by atoms with E-state index in [0.717, 1.165) is 11.1 Å². The summed E-state index contributed by atoms with van der Waals surface area (Å²) in [7, 11) is 0. The first-order chi connectivity index (χ1) is 12.8. The largest absolute Gasteiger partial charge is 0.386 e. The number of aliphatic hydroxyl groups is 3. The second kappa shape index (κ2) is 6.35. The van der Waals surface area contributed by atoms with Gasteiger partial charge in [0.05, 0.1) is 5.69 Å². The molecule has 0 unspecified atom stereocenters. The van der Waals surface area contributed by atoms with E-state index in [1.165, 1.54) is 37.5 Å². The molecule has 0 bridgehead atoms. The summed E-state index contributed by atoms with van der Waals surface area (Å²) >= 11 is 0. The van der Waals surface area contributed by atoms with E-state index in [-0.39, 0.29) is 0 Å². The van der Waals surface area contributed by atoms with Gasteiger partial charge in [-0.25, -0.2) is 14.4 Å². The topological polar surface area (TPSA) is 101 Å². The fraction of sp³-hybridized carbons (Fsp3) is 0.368. The smallest absolute Gasteiger partial charge is 0.164 e. The van der Waals surface area contributed by atoms with Crippen LogP contribution in [-0.2, 0) is 4.74 Å². The number of hydrogen-bond acceptors (Lipinski definition) is 6. The van der Waals surface area contributed by atoms with Crippen molar-refractivity contribution in [1.29, 1.82) is 0 Å². The van der Waals surface area contributed by atoms with Crippen LogP contribution in [-0.4, -0.2) is 47.7 Å². The number of rotatable bonds is 3. The number of nitrogens with zero attached hydrogens (tertiary/aromatic N) is 3. The van der Waals surface area contributed by atoms with Crippen molar-refractivity contribution >= 4 is 11.0 Å². The number of fused-ring (bicyclic) bond motifs is 1. The van der Waals surface area contributed by atoms with Crippen LogP contribution in [0.1, 0.15) is 30.5 Å². The van der Waals surface area contributed by atoms with Crippen LogP contribution < -0.4 is 0 Å². The molecule has 4 rings (SSSR count). The van der Waals surface area contributed by atoms with Gasteiger partial charge in [-0.05, 0) is 37.6 Å². The molecule has 1 aliphatic rings. The Kier molecular flexibility index (Phi) is 4.23. The van der Waals surface area contributed by atoms with Gasteiger partial charge in [0.15, 0.2) is 6.23 Å². The van der Waals surface area contributed by atoms with Gasteiger partial charge in [0.1, 0.15) is 41.7 Å². The van der Waals surface area contributed by atoms with Crippen LogP contribution in [0.3, 0.4) is 0 Å². The van der Waals surface area contributed by atoms with Crippen LogP contribution >= 0.6 is 0 Å². The third-order valence-electron chi connectivity index (χ3n) is 5.21. The van der Waals surface area contributed by atoms with Gasteiger partial charge in [0.25, 0.3) is 0 Å². The van der Waals surface area contributed by atoms with Crippen molar-refractivity contribution in [2.24, 2.45) is 0 Å². The van der Waals surface area contributed by atoms with Gasteiger partial charge in [-0.15, -0.1) is 0 Å². The van der Waals surface area contributed by atoms with Crippen molar-refractivity contribution in [2.45, 2.75) is 44.0 Å². The maximum absolute atomic E-state index is 13.2. The Morgan fingerprint density at radius 3 is 2.63 bits per heavy atom. The van der Waals surface area contributed by atoms with E-state index < -0.39 is 36.0 Å². The van der Waals surface area contributed by atoms with Crippen molar-refractivity contribution in [2.75, 3.05) is 0 Å². The van der Waals surface area contributed by atoms with Crippen molar-refractivity contribution in [3.63, 3.8) is 0 Å². The van der Waals surface area contributed by atoms with Crippen LogP contribution in [0, 0.1) is 12.7 Å². The quantitative estimate of drug-likeness (QED) is 0.645. The first-order valence-electron chi connectivity index (χ1n) is 8.58. The molecule has 3 aromatic rings. The van der Waals surface area contributed by atoms with Gasteiger partial charge < -0.3 is 24.6 Å². The summed E-state index contributed by atoms with van der Waals surface area (Å²) in [5, 5.41) is 33.1. The molecule has 0 aliphatic carbocycles. The standard InChI is InChI=1S/C19H20FN3O4/c1-10-13-7-8-23(17(13)22-9-21-10)18-15(25)19(2,26)16(27-18)14(24)11-3-5-12(20)6-4-11/h3-9,14-16,18,24-26H,1-2H3/t14-,15+,16-,18-,19+/m1/s1. The number of aliphatic hydroxyl groups excluding tert-OH is 2. The number of benzene rings is 1. The predicted molar refractivity (Wildman–Crippen MR) is 94.2 cm³/mol. The Labute approximate surface area is 154 Å². The lowest BCUT2D eigenvalue weighted by molar-refractivity contribution is -0.115. The first kappa shape index (κ1) is 18.0. The van der Waals surface area contributed by atoms with Gasteiger partial charge in [-0.2, -0.15) is 0 Å². The molecular weight excluding hydrogens is 353 g/mol. The van der Waals surface area contributed by atoms with Crippen molar-refractivity contribution in [3.8, 4) is 0 Å². The predicted octanol–water partition coefficient (Wildman–Crippen LogP) is 1.62. The van der Waals surface area contributed by atoms with Crippen LogP contribution in [0.5, 0.6) is 0 Å². The molecule has 27 heavy (non-hydrogen) atoms. The summed E-state index contributed by atoms with van der Waals surface area (Å²) in [5.41, 5.74) is -0.0258. The molecule has 1 fully saturated rings. The highest BCUT2D eigenvalue weighted by Crippen LogP contribution is 2.43. The minimum absolute atomic E-state index is 0.380. The van der Waals surface area contributed by atoms with E-state index in [2.05, 4.69) is 9.97 Å². The van der Waals surface area contributed by atoms with E-state index in [0.29, 0.717) is 11.2 Å². The molecular formula is C19H20FN3O4. The molecule has 3 N–H and O–H groups in total. The second-order valence-corrected chi connectivity index (χ2v) is 7.03. The number of hydrogen-bond donors (Lipinski definition) is 3. The maximum Gasteiger partial charge on any atom is 0.164 e. The lowest BCUT2D eigenvalue weighted by Crippen LogP contribution is -2.47. The van der Waals surface area contributed by atoms with E-state index >= 15 is 0 Å². The highest BCUT2D eigenvalue weighted by Gasteiger charge is 2.55. The normalized spacial score (nSPS) is 29.3. The molecule has 0 spiro atoms. The summed E-state index contributed by atoms with van der Waals surface area (Å²) in [6.45, 7) is 3.25. The van der Waals surface area contributed by atoms with Crippen LogP contribution in [0.4, 0.5) is 4.39 Å². The Hall–Kier alpha value is -2.39. The fourth-order valence-corrected chi connectivity index (χ4v) is 3.57. The van der Waals surface area contributed by atoms with E-state index in [9.17, 15) is 19.7 Å². The molecule has 7 nitrogen and oxygen atoms in total. The molecule has 8 heteroatoms. The summed E-state index contributed by atoms with van der Waals surface area (Å²) < 4.78 is 20.7. The van der Waals surface area contributed by atoms with Gasteiger partial charge in [0, 0.05) is 11.6 Å². The van der Waals surface area contributed by atoms with Crippen LogP contribution in [0.15, 0.2) is 42.9 Å². The Morgan fingerprint density at radius 1 is 1.22 bits per heavy atom. The SMILES string of the molecule is Cc1ncnc2c1ccn2[C@@H]1O[C@H]([C@H](O)c2ccc(F)cc2)[C@@](C)(O)[C@H]1O.